The topological polar surface area (TPSA) is 135 Å². The minimum Gasteiger partial charge on any atom is -0.358 e. The maximum atomic E-state index is 12.7. The zero-order chi connectivity index (χ0) is 18.7. The van der Waals surface area contributed by atoms with E-state index in [2.05, 4.69) is 25.8 Å². The molecule has 0 bridgehead atoms. The molecule has 0 fully saturated rings. The maximum absolute atomic E-state index is 12.7. The number of sulfonamides is 1. The Hall–Kier alpha value is -3.47. The van der Waals surface area contributed by atoms with Crippen molar-refractivity contribution in [1.82, 2.24) is 4.98 Å². The molecule has 3 rings (SSSR count). The minimum atomic E-state index is -3.85. The first-order chi connectivity index (χ1) is 12.5. The van der Waals surface area contributed by atoms with Crippen molar-refractivity contribution in [3.63, 3.8) is 0 Å². The molecule has 0 saturated heterocycles. The molecular weight excluding hydrogens is 352 g/mol. The molecule has 0 saturated carbocycles. The fourth-order valence-corrected chi connectivity index (χ4v) is 3.86. The van der Waals surface area contributed by atoms with Gasteiger partial charge in [-0.05, 0) is 41.8 Å². The lowest BCUT2D eigenvalue weighted by Gasteiger charge is -2.11. The van der Waals surface area contributed by atoms with Crippen molar-refractivity contribution in [2.24, 2.45) is 5.11 Å². The number of fused-ring (bicyclic) bond motifs is 1. The van der Waals surface area contributed by atoms with Gasteiger partial charge in [-0.1, -0.05) is 23.3 Å². The van der Waals surface area contributed by atoms with Crippen LogP contribution in [0.2, 0.25) is 0 Å². The molecule has 26 heavy (non-hydrogen) atoms. The smallest absolute Gasteiger partial charge is 0.261 e. The number of benzene rings is 2. The molecular formula is C17H14N6O2S. The number of aryl methyl sites for hydroxylation is 1. The summed E-state index contributed by atoms with van der Waals surface area (Å²) in [5.74, 6) is 0. The van der Waals surface area contributed by atoms with Gasteiger partial charge in [0.05, 0.1) is 28.2 Å². The Labute approximate surface area is 149 Å². The highest BCUT2D eigenvalue weighted by molar-refractivity contribution is 7.92. The molecule has 0 unspecified atom stereocenters. The maximum Gasteiger partial charge on any atom is 0.261 e. The van der Waals surface area contributed by atoms with E-state index in [1.807, 2.05) is 6.92 Å². The third-order valence-corrected chi connectivity index (χ3v) is 5.30. The summed E-state index contributed by atoms with van der Waals surface area (Å²) in [6, 6.07) is 11.7. The van der Waals surface area contributed by atoms with Crippen LogP contribution in [0, 0.1) is 18.3 Å². The number of rotatable bonds is 5. The van der Waals surface area contributed by atoms with Gasteiger partial charge in [0.15, 0.2) is 0 Å². The lowest BCUT2D eigenvalue weighted by Crippen LogP contribution is -2.13. The van der Waals surface area contributed by atoms with Gasteiger partial charge in [0.1, 0.15) is 6.07 Å². The van der Waals surface area contributed by atoms with Crippen LogP contribution in [0.5, 0.6) is 0 Å². The Morgan fingerprint density at radius 1 is 1.35 bits per heavy atom. The van der Waals surface area contributed by atoms with Crippen LogP contribution in [-0.4, -0.2) is 13.4 Å². The van der Waals surface area contributed by atoms with E-state index >= 15 is 0 Å². The molecule has 2 N–H and O–H groups in total. The summed E-state index contributed by atoms with van der Waals surface area (Å²) < 4.78 is 28.0. The van der Waals surface area contributed by atoms with Crippen LogP contribution < -0.4 is 4.72 Å². The molecule has 1 heterocycles. The van der Waals surface area contributed by atoms with Gasteiger partial charge in [0, 0.05) is 16.5 Å². The third kappa shape index (κ3) is 3.19. The molecule has 0 aliphatic heterocycles. The number of nitrogens with one attached hydrogen (secondary N) is 2. The zero-order valence-corrected chi connectivity index (χ0v) is 14.6. The number of aromatic amines is 1. The van der Waals surface area contributed by atoms with E-state index in [1.165, 1.54) is 12.1 Å². The summed E-state index contributed by atoms with van der Waals surface area (Å²) in [6.45, 7) is 1.92. The van der Waals surface area contributed by atoms with E-state index < -0.39 is 10.0 Å². The van der Waals surface area contributed by atoms with E-state index in [-0.39, 0.29) is 11.4 Å². The van der Waals surface area contributed by atoms with Crippen molar-refractivity contribution in [3.05, 3.63) is 69.7 Å². The molecule has 8 nitrogen and oxygen atoms in total. The van der Waals surface area contributed by atoms with Crippen LogP contribution >= 0.6 is 0 Å². The fraction of sp³-hybridized carbons (Fsp3) is 0.118. The molecule has 130 valence electrons. The monoisotopic (exact) mass is 366 g/mol. The molecule has 9 heteroatoms. The number of nitrogens with zero attached hydrogens (tertiary/aromatic N) is 4. The van der Waals surface area contributed by atoms with E-state index in [1.54, 1.807) is 30.5 Å². The summed E-state index contributed by atoms with van der Waals surface area (Å²) in [5, 5.41) is 13.3. The van der Waals surface area contributed by atoms with E-state index in [4.69, 9.17) is 5.53 Å². The first-order valence-corrected chi connectivity index (χ1v) is 9.08. The molecule has 0 amide bonds. The van der Waals surface area contributed by atoms with Crippen molar-refractivity contribution in [2.75, 3.05) is 4.72 Å². The Balaban J connectivity index is 2.02. The highest BCUT2D eigenvalue weighted by atomic mass is 32.2. The Morgan fingerprint density at radius 2 is 2.15 bits per heavy atom. The van der Waals surface area contributed by atoms with Crippen LogP contribution in [-0.2, 0) is 16.6 Å². The summed E-state index contributed by atoms with van der Waals surface area (Å²) >= 11 is 0. The van der Waals surface area contributed by atoms with Crippen LogP contribution in [0.3, 0.4) is 0 Å². The molecule has 0 aliphatic carbocycles. The second kappa shape index (κ2) is 6.80. The van der Waals surface area contributed by atoms with Crippen LogP contribution in [0.15, 0.2) is 52.6 Å². The second-order valence-corrected chi connectivity index (χ2v) is 7.32. The average Bonchev–Trinajstić information content (AvgIpc) is 3.08. The highest BCUT2D eigenvalue weighted by Crippen LogP contribution is 2.30. The largest absolute Gasteiger partial charge is 0.358 e. The first kappa shape index (κ1) is 17.4. The molecule has 1 aromatic heterocycles. The molecule has 0 radical (unpaired) electrons. The Morgan fingerprint density at radius 3 is 2.88 bits per heavy atom. The average molecular weight is 366 g/mol. The second-order valence-electron chi connectivity index (χ2n) is 5.64. The molecule has 0 spiro atoms. The van der Waals surface area contributed by atoms with Gasteiger partial charge in [-0.25, -0.2) is 8.42 Å². The number of aromatic nitrogens is 1. The van der Waals surface area contributed by atoms with Crippen LogP contribution in [0.25, 0.3) is 21.3 Å². The SMILES string of the molecule is Cc1ccc(NS(=O)(=O)c2cccc(CN=[N+]=[N-])c2)c2[nH]cc(C#N)c12. The lowest BCUT2D eigenvalue weighted by atomic mass is 10.1. The molecule has 0 atom stereocenters. The predicted molar refractivity (Wildman–Crippen MR) is 97.9 cm³/mol. The minimum absolute atomic E-state index is 0.0592. The normalized spacial score (nSPS) is 10.9. The van der Waals surface area contributed by atoms with E-state index in [0.717, 1.165) is 5.56 Å². The third-order valence-electron chi connectivity index (χ3n) is 3.93. The number of nitriles is 1. The van der Waals surface area contributed by atoms with Gasteiger partial charge in [0.2, 0.25) is 0 Å². The first-order valence-electron chi connectivity index (χ1n) is 7.59. The van der Waals surface area contributed by atoms with Gasteiger partial charge in [0.25, 0.3) is 10.0 Å². The predicted octanol–water partition coefficient (Wildman–Crippen LogP) is 3.96. The van der Waals surface area contributed by atoms with E-state index in [0.29, 0.717) is 27.7 Å². The van der Waals surface area contributed by atoms with E-state index in [9.17, 15) is 13.7 Å². The summed E-state index contributed by atoms with van der Waals surface area (Å²) in [6.07, 6.45) is 1.55. The van der Waals surface area contributed by atoms with Crippen molar-refractivity contribution in [2.45, 2.75) is 18.4 Å². The van der Waals surface area contributed by atoms with Gasteiger partial charge in [-0.2, -0.15) is 5.26 Å². The van der Waals surface area contributed by atoms with Gasteiger partial charge >= 0.3 is 0 Å². The number of hydrogen-bond acceptors (Lipinski definition) is 4. The van der Waals surface area contributed by atoms with Gasteiger partial charge < -0.3 is 4.98 Å². The fourth-order valence-electron chi connectivity index (χ4n) is 2.72. The zero-order valence-electron chi connectivity index (χ0n) is 13.8. The Kier molecular flexibility index (Phi) is 4.54. The number of H-pyrrole nitrogens is 1. The van der Waals surface area contributed by atoms with Crippen molar-refractivity contribution >= 4 is 26.6 Å². The number of anilines is 1. The van der Waals surface area contributed by atoms with Crippen molar-refractivity contribution in [1.29, 1.82) is 5.26 Å². The summed E-state index contributed by atoms with van der Waals surface area (Å²) in [7, 11) is -3.85. The summed E-state index contributed by atoms with van der Waals surface area (Å²) in [4.78, 5) is 5.69. The lowest BCUT2D eigenvalue weighted by molar-refractivity contribution is 0.601. The Bertz CT molecular complexity index is 1180. The van der Waals surface area contributed by atoms with Gasteiger partial charge in [-0.15, -0.1) is 0 Å². The number of azide groups is 1. The van der Waals surface area contributed by atoms with Crippen molar-refractivity contribution < 1.29 is 8.42 Å². The van der Waals surface area contributed by atoms with Crippen LogP contribution in [0.1, 0.15) is 16.7 Å². The van der Waals surface area contributed by atoms with Crippen molar-refractivity contribution in [3.8, 4) is 6.07 Å². The van der Waals surface area contributed by atoms with Crippen LogP contribution in [0.4, 0.5) is 5.69 Å². The molecule has 0 aliphatic rings. The molecule has 3 aromatic rings. The standard InChI is InChI=1S/C17H14N6O2S/c1-11-5-6-15(17-16(11)13(8-18)10-20-17)22-26(24,25)14-4-2-3-12(7-14)9-21-23-19/h2-7,10,20,22H,9H2,1H3. The number of hydrogen-bond donors (Lipinski definition) is 2. The quantitative estimate of drug-likeness (QED) is 0.402. The highest BCUT2D eigenvalue weighted by Gasteiger charge is 2.18. The summed E-state index contributed by atoms with van der Waals surface area (Å²) in [5.41, 5.74) is 11.2. The molecule has 2 aromatic carbocycles. The van der Waals surface area contributed by atoms with Gasteiger partial charge in [-0.3, -0.25) is 4.72 Å².